The number of carbonyl (C=O) groups excluding carboxylic acids is 3. The van der Waals surface area contributed by atoms with E-state index in [0.29, 0.717) is 22.2 Å². The summed E-state index contributed by atoms with van der Waals surface area (Å²) in [4.78, 5) is 42.3. The molecule has 6 nitrogen and oxygen atoms in total. The van der Waals surface area contributed by atoms with Crippen LogP contribution in [0.2, 0.25) is 5.02 Å². The summed E-state index contributed by atoms with van der Waals surface area (Å²) in [6, 6.07) is 19.7. The first-order valence-electron chi connectivity index (χ1n) is 11.7. The highest BCUT2D eigenvalue weighted by atomic mass is 35.5. The number of amides is 2. The number of nitrogens with zero attached hydrogens (tertiary/aromatic N) is 1. The third-order valence-electron chi connectivity index (χ3n) is 7.34. The van der Waals surface area contributed by atoms with Crippen molar-refractivity contribution in [1.82, 2.24) is 0 Å². The number of esters is 1. The van der Waals surface area contributed by atoms with Crippen LogP contribution in [0.25, 0.3) is 5.57 Å². The normalized spacial score (nSPS) is 24.5. The van der Waals surface area contributed by atoms with E-state index in [1.807, 2.05) is 55.5 Å². The van der Waals surface area contributed by atoms with E-state index in [-0.39, 0.29) is 5.91 Å². The summed E-state index contributed by atoms with van der Waals surface area (Å²) in [7, 11) is 1.59. The van der Waals surface area contributed by atoms with Gasteiger partial charge in [-0.3, -0.25) is 14.4 Å². The standard InChI is InChI=1S/C29H22ClNO5/c1-15-3-12-20-22-14-21(16-4-10-19(35-2)11-5-16)24-26(25(22)29(34)36-23(20)13-15)28(33)31(27(24)32)18-8-6-17(30)7-9-18/h3-14,21,24-26H,1-2H3/t21-,24+,25-,26-/m0/s1. The fourth-order valence-electron chi connectivity index (χ4n) is 5.66. The number of anilines is 1. The first-order chi connectivity index (χ1) is 17.4. The molecule has 36 heavy (non-hydrogen) atoms. The number of hydrogen-bond donors (Lipinski definition) is 0. The predicted molar refractivity (Wildman–Crippen MR) is 135 cm³/mol. The van der Waals surface area contributed by atoms with Crippen molar-refractivity contribution in [2.24, 2.45) is 17.8 Å². The third kappa shape index (κ3) is 3.36. The number of rotatable bonds is 3. The van der Waals surface area contributed by atoms with Crippen LogP contribution in [0.5, 0.6) is 11.5 Å². The number of aryl methyl sites for hydroxylation is 1. The second kappa shape index (κ2) is 8.35. The molecule has 6 rings (SSSR count). The van der Waals surface area contributed by atoms with E-state index in [1.165, 1.54) is 4.90 Å². The van der Waals surface area contributed by atoms with Gasteiger partial charge in [-0.1, -0.05) is 41.9 Å². The van der Waals surface area contributed by atoms with Crippen molar-refractivity contribution in [2.45, 2.75) is 12.8 Å². The highest BCUT2D eigenvalue weighted by molar-refractivity contribution is 6.31. The molecular formula is C29H22ClNO5. The fourth-order valence-corrected chi connectivity index (χ4v) is 5.79. The molecule has 3 aromatic rings. The van der Waals surface area contributed by atoms with Gasteiger partial charge in [0.15, 0.2) is 0 Å². The number of methoxy groups -OCH3 is 1. The molecule has 0 unspecified atom stereocenters. The highest BCUT2D eigenvalue weighted by Gasteiger charge is 2.60. The molecule has 4 atom stereocenters. The molecule has 7 heteroatoms. The van der Waals surface area contributed by atoms with Gasteiger partial charge < -0.3 is 9.47 Å². The van der Waals surface area contributed by atoms with Crippen LogP contribution >= 0.6 is 11.6 Å². The minimum atomic E-state index is -0.887. The minimum absolute atomic E-state index is 0.342. The molecule has 2 amide bonds. The van der Waals surface area contributed by atoms with Crippen LogP contribution in [-0.4, -0.2) is 24.9 Å². The Hall–Kier alpha value is -3.90. The van der Waals surface area contributed by atoms with Crippen molar-refractivity contribution in [2.75, 3.05) is 12.0 Å². The van der Waals surface area contributed by atoms with E-state index in [4.69, 9.17) is 21.1 Å². The Morgan fingerprint density at radius 1 is 0.889 bits per heavy atom. The summed E-state index contributed by atoms with van der Waals surface area (Å²) in [5.74, 6) is -3.02. The van der Waals surface area contributed by atoms with Gasteiger partial charge in [0.2, 0.25) is 11.8 Å². The second-order valence-corrected chi connectivity index (χ2v) is 9.80. The van der Waals surface area contributed by atoms with E-state index in [9.17, 15) is 14.4 Å². The van der Waals surface area contributed by atoms with Crippen molar-refractivity contribution < 1.29 is 23.9 Å². The van der Waals surface area contributed by atoms with Crippen LogP contribution < -0.4 is 14.4 Å². The predicted octanol–water partition coefficient (Wildman–Crippen LogP) is 5.18. The number of benzene rings is 3. The number of carbonyl (C=O) groups is 3. The van der Waals surface area contributed by atoms with E-state index < -0.39 is 35.5 Å². The molecule has 2 heterocycles. The zero-order chi connectivity index (χ0) is 25.1. The molecule has 3 aromatic carbocycles. The Morgan fingerprint density at radius 3 is 2.28 bits per heavy atom. The molecule has 0 N–H and O–H groups in total. The zero-order valence-corrected chi connectivity index (χ0v) is 20.4. The average molecular weight is 500 g/mol. The second-order valence-electron chi connectivity index (χ2n) is 9.36. The number of imide groups is 1. The molecule has 1 fully saturated rings. The summed E-state index contributed by atoms with van der Waals surface area (Å²) in [5, 5.41) is 0.498. The van der Waals surface area contributed by atoms with Crippen LogP contribution in [0.3, 0.4) is 0 Å². The SMILES string of the molecule is COc1ccc([C@@H]2C=C3c4ccc(C)cc4OC(=O)[C@@H]3[C@H]3C(=O)N(c4ccc(Cl)cc4)C(=O)[C@@H]32)cc1. The van der Waals surface area contributed by atoms with Crippen molar-refractivity contribution in [3.8, 4) is 11.5 Å². The van der Waals surface area contributed by atoms with Gasteiger partial charge in [0.25, 0.3) is 0 Å². The smallest absolute Gasteiger partial charge is 0.319 e. The van der Waals surface area contributed by atoms with E-state index in [1.54, 1.807) is 31.4 Å². The van der Waals surface area contributed by atoms with Crippen LogP contribution in [0, 0.1) is 24.7 Å². The number of halogens is 1. The molecule has 0 spiro atoms. The number of fused-ring (bicyclic) bond motifs is 5. The maximum atomic E-state index is 13.9. The van der Waals surface area contributed by atoms with E-state index in [0.717, 1.165) is 22.3 Å². The zero-order valence-electron chi connectivity index (χ0n) is 19.6. The first-order valence-corrected chi connectivity index (χ1v) is 12.1. The quantitative estimate of drug-likeness (QED) is 0.282. The lowest BCUT2D eigenvalue weighted by Crippen LogP contribution is -2.42. The van der Waals surface area contributed by atoms with Gasteiger partial charge in [-0.2, -0.15) is 0 Å². The summed E-state index contributed by atoms with van der Waals surface area (Å²) in [5.41, 5.74) is 3.75. The molecule has 180 valence electrons. The Balaban J connectivity index is 1.54. The van der Waals surface area contributed by atoms with Gasteiger partial charge >= 0.3 is 5.97 Å². The van der Waals surface area contributed by atoms with E-state index in [2.05, 4.69) is 0 Å². The Kier molecular flexibility index (Phi) is 5.23. The lowest BCUT2D eigenvalue weighted by Gasteiger charge is -2.38. The monoisotopic (exact) mass is 499 g/mol. The highest BCUT2D eigenvalue weighted by Crippen LogP contribution is 2.54. The molecule has 0 aromatic heterocycles. The molecule has 1 saturated heterocycles. The lowest BCUT2D eigenvalue weighted by atomic mass is 9.64. The maximum Gasteiger partial charge on any atom is 0.319 e. The molecule has 2 aliphatic heterocycles. The average Bonchev–Trinajstić information content (AvgIpc) is 3.14. The summed E-state index contributed by atoms with van der Waals surface area (Å²) in [6.45, 7) is 1.93. The molecule has 0 saturated carbocycles. The van der Waals surface area contributed by atoms with Gasteiger partial charge in [0, 0.05) is 16.5 Å². The van der Waals surface area contributed by atoms with Crippen molar-refractivity contribution in [3.05, 3.63) is 94.5 Å². The summed E-state index contributed by atoms with van der Waals surface area (Å²) < 4.78 is 11.0. The molecular weight excluding hydrogens is 478 g/mol. The summed E-state index contributed by atoms with van der Waals surface area (Å²) in [6.07, 6.45) is 1.97. The van der Waals surface area contributed by atoms with Crippen LogP contribution in [0.15, 0.2) is 72.8 Å². The third-order valence-corrected chi connectivity index (χ3v) is 7.59. The van der Waals surface area contributed by atoms with Gasteiger partial charge in [0.1, 0.15) is 11.5 Å². The Morgan fingerprint density at radius 2 is 1.58 bits per heavy atom. The van der Waals surface area contributed by atoms with Crippen molar-refractivity contribution in [3.63, 3.8) is 0 Å². The first kappa shape index (κ1) is 22.6. The number of allylic oxidation sites excluding steroid dienone is 1. The van der Waals surface area contributed by atoms with Gasteiger partial charge in [-0.25, -0.2) is 4.90 Å². The van der Waals surface area contributed by atoms with Gasteiger partial charge in [-0.05, 0) is 66.1 Å². The number of hydrogen-bond acceptors (Lipinski definition) is 5. The molecule has 0 radical (unpaired) electrons. The molecule has 3 aliphatic rings. The van der Waals surface area contributed by atoms with Crippen LogP contribution in [0.1, 0.15) is 22.6 Å². The van der Waals surface area contributed by atoms with Crippen LogP contribution in [0.4, 0.5) is 5.69 Å². The summed E-state index contributed by atoms with van der Waals surface area (Å²) >= 11 is 6.04. The fraction of sp³-hybridized carbons (Fsp3) is 0.207. The topological polar surface area (TPSA) is 72.9 Å². The van der Waals surface area contributed by atoms with E-state index >= 15 is 0 Å². The molecule has 0 bridgehead atoms. The van der Waals surface area contributed by atoms with Crippen LogP contribution in [-0.2, 0) is 14.4 Å². The Labute approximate surface area is 213 Å². The minimum Gasteiger partial charge on any atom is -0.497 e. The van der Waals surface area contributed by atoms with Gasteiger partial charge in [0.05, 0.1) is 30.6 Å². The number of ether oxygens (including phenoxy) is 2. The van der Waals surface area contributed by atoms with Crippen molar-refractivity contribution >= 4 is 40.6 Å². The van der Waals surface area contributed by atoms with Crippen molar-refractivity contribution in [1.29, 1.82) is 0 Å². The lowest BCUT2D eigenvalue weighted by molar-refractivity contribution is -0.142. The maximum absolute atomic E-state index is 13.9. The molecule has 1 aliphatic carbocycles. The van der Waals surface area contributed by atoms with Gasteiger partial charge in [-0.15, -0.1) is 0 Å². The largest absolute Gasteiger partial charge is 0.497 e. The Bertz CT molecular complexity index is 1440.